The van der Waals surface area contributed by atoms with Gasteiger partial charge in [-0.15, -0.1) is 0 Å². The number of nitrogens with zero attached hydrogens (tertiary/aromatic N) is 1. The summed E-state index contributed by atoms with van der Waals surface area (Å²) in [7, 11) is 0. The fourth-order valence-corrected chi connectivity index (χ4v) is 2.53. The Morgan fingerprint density at radius 1 is 1.22 bits per heavy atom. The smallest absolute Gasteiger partial charge is 0.270 e. The fourth-order valence-electron chi connectivity index (χ4n) is 1.99. The van der Waals surface area contributed by atoms with E-state index < -0.39 is 17.5 Å². The molecule has 0 aliphatic heterocycles. The van der Waals surface area contributed by atoms with Gasteiger partial charge in [-0.2, -0.15) is 0 Å². The lowest BCUT2D eigenvalue weighted by Crippen LogP contribution is -2.42. The molecule has 0 radical (unpaired) electrons. The standard InChI is InChI=1S/C16H21Br2FN2O2/c1-3-4-5-6-7-8-13(22)21-15(23)16(2,19)12-10-9-11(17)14(18)20-12/h9-10H,3-8H2,1-2H3,(H,21,22,23). The van der Waals surface area contributed by atoms with Crippen LogP contribution in [0, 0.1) is 0 Å². The van der Waals surface area contributed by atoms with Crippen LogP contribution >= 0.6 is 31.9 Å². The minimum Gasteiger partial charge on any atom is -0.293 e. The van der Waals surface area contributed by atoms with E-state index in [2.05, 4.69) is 49.1 Å². The summed E-state index contributed by atoms with van der Waals surface area (Å²) >= 11 is 6.40. The van der Waals surface area contributed by atoms with Crippen LogP contribution in [0.1, 0.15) is 58.1 Å². The van der Waals surface area contributed by atoms with Gasteiger partial charge in [0.15, 0.2) is 0 Å². The number of carbonyl (C=O) groups excluding carboxylic acids is 2. The molecular formula is C16H21Br2FN2O2. The largest absolute Gasteiger partial charge is 0.293 e. The number of rotatable bonds is 8. The fraction of sp³-hybridized carbons (Fsp3) is 0.562. The highest BCUT2D eigenvalue weighted by molar-refractivity contribution is 9.13. The van der Waals surface area contributed by atoms with Crippen molar-refractivity contribution < 1.29 is 14.0 Å². The molecule has 1 heterocycles. The molecule has 1 N–H and O–H groups in total. The molecule has 0 aromatic carbocycles. The molecule has 1 atom stereocenters. The Morgan fingerprint density at radius 2 is 1.87 bits per heavy atom. The van der Waals surface area contributed by atoms with Gasteiger partial charge in [0.25, 0.3) is 5.91 Å². The number of nitrogens with one attached hydrogen (secondary N) is 1. The summed E-state index contributed by atoms with van der Waals surface area (Å²) in [4.78, 5) is 27.8. The van der Waals surface area contributed by atoms with Crippen molar-refractivity contribution >= 4 is 43.7 Å². The first kappa shape index (κ1) is 20.2. The quantitative estimate of drug-likeness (QED) is 0.456. The first-order valence-electron chi connectivity index (χ1n) is 7.64. The third kappa shape index (κ3) is 6.30. The Morgan fingerprint density at radius 3 is 2.48 bits per heavy atom. The van der Waals surface area contributed by atoms with Crippen LogP contribution in [0.15, 0.2) is 21.2 Å². The summed E-state index contributed by atoms with van der Waals surface area (Å²) in [6.45, 7) is 3.21. The predicted molar refractivity (Wildman–Crippen MR) is 94.6 cm³/mol. The van der Waals surface area contributed by atoms with E-state index in [1.807, 2.05) is 0 Å². The minimum absolute atomic E-state index is 0.0548. The molecule has 23 heavy (non-hydrogen) atoms. The molecule has 0 aliphatic carbocycles. The van der Waals surface area contributed by atoms with Crippen molar-refractivity contribution in [1.82, 2.24) is 10.3 Å². The van der Waals surface area contributed by atoms with Crippen LogP contribution in [0.2, 0.25) is 0 Å². The number of pyridine rings is 1. The molecule has 2 amide bonds. The predicted octanol–water partition coefficient (Wildman–Crippen LogP) is 4.79. The molecule has 0 saturated heterocycles. The molecule has 0 saturated carbocycles. The van der Waals surface area contributed by atoms with E-state index in [1.54, 1.807) is 6.07 Å². The number of alkyl halides is 1. The van der Waals surface area contributed by atoms with E-state index in [1.165, 1.54) is 6.07 Å². The van der Waals surface area contributed by atoms with Crippen molar-refractivity contribution in [1.29, 1.82) is 0 Å². The second-order valence-electron chi connectivity index (χ2n) is 5.51. The Bertz CT molecular complexity index is 565. The van der Waals surface area contributed by atoms with Crippen molar-refractivity contribution in [3.8, 4) is 0 Å². The molecule has 0 aliphatic rings. The maximum Gasteiger partial charge on any atom is 0.270 e. The number of imide groups is 1. The summed E-state index contributed by atoms with van der Waals surface area (Å²) < 4.78 is 15.8. The lowest BCUT2D eigenvalue weighted by Gasteiger charge is -2.19. The molecule has 1 rings (SSSR count). The van der Waals surface area contributed by atoms with Crippen molar-refractivity contribution in [2.24, 2.45) is 0 Å². The van der Waals surface area contributed by atoms with Crippen molar-refractivity contribution in [2.45, 2.75) is 58.0 Å². The van der Waals surface area contributed by atoms with Crippen molar-refractivity contribution in [3.05, 3.63) is 26.9 Å². The number of carbonyl (C=O) groups is 2. The summed E-state index contributed by atoms with van der Waals surface area (Å²) in [5.41, 5.74) is -2.43. The number of amides is 2. The highest BCUT2D eigenvalue weighted by Gasteiger charge is 2.37. The van der Waals surface area contributed by atoms with E-state index >= 15 is 0 Å². The molecule has 7 heteroatoms. The molecule has 0 fully saturated rings. The molecule has 1 aromatic heterocycles. The average Bonchev–Trinajstić information content (AvgIpc) is 2.49. The Kier molecular flexibility index (Phi) is 8.33. The SMILES string of the molecule is CCCCCCCC(=O)NC(=O)C(C)(F)c1ccc(Br)c(Br)n1. The third-order valence-electron chi connectivity index (χ3n) is 3.47. The van der Waals surface area contributed by atoms with Gasteiger partial charge in [-0.05, 0) is 57.3 Å². The molecule has 1 aromatic rings. The first-order valence-corrected chi connectivity index (χ1v) is 9.23. The molecule has 1 unspecified atom stereocenters. The normalized spacial score (nSPS) is 13.4. The Labute approximate surface area is 152 Å². The number of hydrogen-bond acceptors (Lipinski definition) is 3. The van der Waals surface area contributed by atoms with Crippen molar-refractivity contribution in [2.75, 3.05) is 0 Å². The topological polar surface area (TPSA) is 59.1 Å². The van der Waals surface area contributed by atoms with E-state index in [-0.39, 0.29) is 12.1 Å². The molecular weight excluding hydrogens is 431 g/mol. The third-order valence-corrected chi connectivity index (χ3v) is 5.25. The van der Waals surface area contributed by atoms with Crippen LogP contribution in [0.25, 0.3) is 0 Å². The van der Waals surface area contributed by atoms with E-state index in [4.69, 9.17) is 0 Å². The van der Waals surface area contributed by atoms with Crippen LogP contribution < -0.4 is 5.32 Å². The van der Waals surface area contributed by atoms with Gasteiger partial charge in [0.2, 0.25) is 11.6 Å². The van der Waals surface area contributed by atoms with Gasteiger partial charge < -0.3 is 0 Å². The number of aromatic nitrogens is 1. The van der Waals surface area contributed by atoms with Gasteiger partial charge in [-0.3, -0.25) is 14.9 Å². The summed E-state index contributed by atoms with van der Waals surface area (Å²) in [5, 5.41) is 2.12. The van der Waals surface area contributed by atoms with E-state index in [0.29, 0.717) is 15.5 Å². The Hall–Kier alpha value is -0.820. The Balaban J connectivity index is 2.57. The van der Waals surface area contributed by atoms with Crippen molar-refractivity contribution in [3.63, 3.8) is 0 Å². The van der Waals surface area contributed by atoms with Crippen LogP contribution in [0.3, 0.4) is 0 Å². The van der Waals surface area contributed by atoms with Gasteiger partial charge in [-0.25, -0.2) is 9.37 Å². The zero-order chi connectivity index (χ0) is 17.5. The highest BCUT2D eigenvalue weighted by Crippen LogP contribution is 2.28. The number of halogens is 3. The highest BCUT2D eigenvalue weighted by atomic mass is 79.9. The molecule has 128 valence electrons. The van der Waals surface area contributed by atoms with E-state index in [9.17, 15) is 14.0 Å². The lowest BCUT2D eigenvalue weighted by atomic mass is 10.0. The van der Waals surface area contributed by atoms with Gasteiger partial charge >= 0.3 is 0 Å². The molecule has 0 spiro atoms. The second-order valence-corrected chi connectivity index (χ2v) is 7.12. The maximum atomic E-state index is 14.7. The van der Waals surface area contributed by atoms with Crippen LogP contribution in [-0.4, -0.2) is 16.8 Å². The van der Waals surface area contributed by atoms with Crippen LogP contribution in [0.4, 0.5) is 4.39 Å². The first-order chi connectivity index (χ1) is 10.8. The van der Waals surface area contributed by atoms with Gasteiger partial charge in [-0.1, -0.05) is 32.6 Å². The van der Waals surface area contributed by atoms with Gasteiger partial charge in [0.1, 0.15) is 4.60 Å². The summed E-state index contributed by atoms with van der Waals surface area (Å²) in [6.07, 6.45) is 5.18. The molecule has 0 bridgehead atoms. The number of unbranched alkanes of at least 4 members (excludes halogenated alkanes) is 4. The van der Waals surface area contributed by atoms with E-state index in [0.717, 1.165) is 32.6 Å². The van der Waals surface area contributed by atoms with Gasteiger partial charge in [0.05, 0.1) is 10.2 Å². The molecule has 4 nitrogen and oxygen atoms in total. The van der Waals surface area contributed by atoms with Gasteiger partial charge in [0, 0.05) is 6.42 Å². The summed E-state index contributed by atoms with van der Waals surface area (Å²) in [5.74, 6) is -1.44. The average molecular weight is 452 g/mol. The second kappa shape index (κ2) is 9.47. The zero-order valence-electron chi connectivity index (χ0n) is 13.3. The minimum atomic E-state index is -2.37. The van der Waals surface area contributed by atoms with Crippen LogP contribution in [0.5, 0.6) is 0 Å². The van der Waals surface area contributed by atoms with Crippen LogP contribution in [-0.2, 0) is 15.3 Å². The monoisotopic (exact) mass is 450 g/mol. The summed E-state index contributed by atoms with van der Waals surface area (Å²) in [6, 6.07) is 3.00. The maximum absolute atomic E-state index is 14.7. The number of hydrogen-bond donors (Lipinski definition) is 1. The zero-order valence-corrected chi connectivity index (χ0v) is 16.5. The lowest BCUT2D eigenvalue weighted by molar-refractivity contribution is -0.138.